The lowest BCUT2D eigenvalue weighted by Gasteiger charge is -2.15. The Kier molecular flexibility index (Phi) is 6.23. The van der Waals surface area contributed by atoms with Crippen LogP contribution in [0.4, 0.5) is 13.6 Å². The Bertz CT molecular complexity index is 521. The van der Waals surface area contributed by atoms with Gasteiger partial charge in [-0.15, -0.1) is 0 Å². The molecule has 3 N–H and O–H groups in total. The first kappa shape index (κ1) is 17.0. The summed E-state index contributed by atoms with van der Waals surface area (Å²) in [7, 11) is 0. The first-order valence-electron chi connectivity index (χ1n) is 6.58. The topological polar surface area (TPSA) is 70.2 Å². The second kappa shape index (κ2) is 7.68. The van der Waals surface area contributed by atoms with E-state index in [-0.39, 0.29) is 18.2 Å². The van der Waals surface area contributed by atoms with E-state index in [4.69, 9.17) is 0 Å². The number of urea groups is 1. The molecule has 0 aliphatic carbocycles. The minimum absolute atomic E-state index is 0.0852. The van der Waals surface area contributed by atoms with Gasteiger partial charge in [0.2, 0.25) is 5.91 Å². The van der Waals surface area contributed by atoms with Crippen LogP contribution in [0.1, 0.15) is 32.4 Å². The van der Waals surface area contributed by atoms with Crippen LogP contribution in [-0.2, 0) is 4.79 Å². The molecule has 5 nitrogen and oxygen atoms in total. The molecule has 0 aliphatic heterocycles. The van der Waals surface area contributed by atoms with E-state index in [2.05, 4.69) is 16.0 Å². The van der Waals surface area contributed by atoms with E-state index in [0.717, 1.165) is 12.1 Å². The molecule has 0 heterocycles. The van der Waals surface area contributed by atoms with Crippen LogP contribution in [0.5, 0.6) is 0 Å². The van der Waals surface area contributed by atoms with Crippen molar-refractivity contribution in [2.75, 3.05) is 6.54 Å². The van der Waals surface area contributed by atoms with Crippen LogP contribution in [-0.4, -0.2) is 24.5 Å². The van der Waals surface area contributed by atoms with Gasteiger partial charge in [-0.25, -0.2) is 13.6 Å². The highest BCUT2D eigenvalue weighted by molar-refractivity contribution is 5.95. The van der Waals surface area contributed by atoms with E-state index in [1.54, 1.807) is 20.8 Å². The van der Waals surface area contributed by atoms with E-state index in [1.165, 1.54) is 6.07 Å². The standard InChI is InChI=1S/C14H19F2N3O2/c1-8(2)18-14(21)19-13(20)7-17-9(3)11-5-4-10(15)6-12(11)16/h4-6,8-9,17H,7H2,1-3H3,(H2,18,19,20,21)/t9-/m0/s1. The SMILES string of the molecule is CC(C)NC(=O)NC(=O)CN[C@@H](C)c1ccc(F)cc1F. The largest absolute Gasteiger partial charge is 0.336 e. The summed E-state index contributed by atoms with van der Waals surface area (Å²) in [6, 6.07) is 2.07. The van der Waals surface area contributed by atoms with Crippen molar-refractivity contribution in [2.24, 2.45) is 0 Å². The summed E-state index contributed by atoms with van der Waals surface area (Å²) in [5.41, 5.74) is 0.246. The molecule has 0 radical (unpaired) electrons. The van der Waals surface area contributed by atoms with E-state index in [1.807, 2.05) is 0 Å². The van der Waals surface area contributed by atoms with Crippen molar-refractivity contribution in [3.8, 4) is 0 Å². The predicted molar refractivity (Wildman–Crippen MR) is 74.6 cm³/mol. The highest BCUT2D eigenvalue weighted by atomic mass is 19.1. The van der Waals surface area contributed by atoms with Crippen LogP contribution in [0.2, 0.25) is 0 Å². The van der Waals surface area contributed by atoms with Crippen LogP contribution in [0.15, 0.2) is 18.2 Å². The molecule has 0 saturated carbocycles. The Morgan fingerprint density at radius 2 is 1.86 bits per heavy atom. The van der Waals surface area contributed by atoms with Gasteiger partial charge >= 0.3 is 6.03 Å². The van der Waals surface area contributed by atoms with Gasteiger partial charge < -0.3 is 10.6 Å². The summed E-state index contributed by atoms with van der Waals surface area (Å²) in [5, 5.41) is 7.41. The molecule has 21 heavy (non-hydrogen) atoms. The van der Waals surface area contributed by atoms with Crippen molar-refractivity contribution in [2.45, 2.75) is 32.9 Å². The van der Waals surface area contributed by atoms with Crippen LogP contribution in [0, 0.1) is 11.6 Å². The van der Waals surface area contributed by atoms with Gasteiger partial charge in [0.15, 0.2) is 0 Å². The molecule has 0 aromatic heterocycles. The molecule has 7 heteroatoms. The van der Waals surface area contributed by atoms with Crippen molar-refractivity contribution in [3.63, 3.8) is 0 Å². The number of hydrogen-bond acceptors (Lipinski definition) is 3. The number of carbonyl (C=O) groups is 2. The fourth-order valence-corrected chi connectivity index (χ4v) is 1.68. The predicted octanol–water partition coefficient (Wildman–Crippen LogP) is 1.85. The maximum atomic E-state index is 13.5. The zero-order valence-electron chi connectivity index (χ0n) is 12.2. The first-order chi connectivity index (χ1) is 9.79. The summed E-state index contributed by atoms with van der Waals surface area (Å²) in [5.74, 6) is -1.89. The van der Waals surface area contributed by atoms with Crippen LogP contribution in [0.25, 0.3) is 0 Å². The minimum atomic E-state index is -0.687. The third kappa shape index (κ3) is 5.86. The Balaban J connectivity index is 2.47. The monoisotopic (exact) mass is 299 g/mol. The molecular formula is C14H19F2N3O2. The lowest BCUT2D eigenvalue weighted by Crippen LogP contribution is -2.45. The zero-order chi connectivity index (χ0) is 16.0. The van der Waals surface area contributed by atoms with Crippen molar-refractivity contribution >= 4 is 11.9 Å². The summed E-state index contributed by atoms with van der Waals surface area (Å²) < 4.78 is 26.3. The minimum Gasteiger partial charge on any atom is -0.336 e. The molecular weight excluding hydrogens is 280 g/mol. The van der Waals surface area contributed by atoms with Crippen molar-refractivity contribution in [3.05, 3.63) is 35.4 Å². The molecule has 1 aromatic carbocycles. The maximum absolute atomic E-state index is 13.5. The van der Waals surface area contributed by atoms with Gasteiger partial charge in [-0.3, -0.25) is 10.1 Å². The molecule has 0 bridgehead atoms. The second-order valence-corrected chi connectivity index (χ2v) is 4.94. The third-order valence-corrected chi connectivity index (χ3v) is 2.67. The lowest BCUT2D eigenvalue weighted by atomic mass is 10.1. The molecule has 1 aromatic rings. The number of amides is 3. The van der Waals surface area contributed by atoms with E-state index < -0.39 is 29.6 Å². The summed E-state index contributed by atoms with van der Waals surface area (Å²) in [6.07, 6.45) is 0. The van der Waals surface area contributed by atoms with Gasteiger partial charge in [-0.05, 0) is 26.8 Å². The number of carbonyl (C=O) groups excluding carboxylic acids is 2. The van der Waals surface area contributed by atoms with Crippen molar-refractivity contribution in [1.29, 1.82) is 0 Å². The Labute approximate surface area is 122 Å². The second-order valence-electron chi connectivity index (χ2n) is 4.94. The van der Waals surface area contributed by atoms with Crippen molar-refractivity contribution < 1.29 is 18.4 Å². The van der Waals surface area contributed by atoms with Crippen LogP contribution in [0.3, 0.4) is 0 Å². The smallest absolute Gasteiger partial charge is 0.321 e. The van der Waals surface area contributed by atoms with E-state index >= 15 is 0 Å². The van der Waals surface area contributed by atoms with Gasteiger partial charge in [0.05, 0.1) is 6.54 Å². The maximum Gasteiger partial charge on any atom is 0.321 e. The van der Waals surface area contributed by atoms with Crippen molar-refractivity contribution in [1.82, 2.24) is 16.0 Å². The zero-order valence-corrected chi connectivity index (χ0v) is 12.2. The Hall–Kier alpha value is -2.02. The Morgan fingerprint density at radius 1 is 1.19 bits per heavy atom. The Morgan fingerprint density at radius 3 is 2.43 bits per heavy atom. The van der Waals surface area contributed by atoms with Crippen LogP contribution < -0.4 is 16.0 Å². The molecule has 116 valence electrons. The fourth-order valence-electron chi connectivity index (χ4n) is 1.68. The van der Waals surface area contributed by atoms with Gasteiger partial charge in [0.1, 0.15) is 11.6 Å². The number of hydrogen-bond donors (Lipinski definition) is 3. The molecule has 0 aliphatic rings. The normalized spacial score (nSPS) is 12.1. The quantitative estimate of drug-likeness (QED) is 0.777. The highest BCUT2D eigenvalue weighted by Crippen LogP contribution is 2.17. The number of halogens is 2. The summed E-state index contributed by atoms with van der Waals surface area (Å²) in [6.45, 7) is 5.00. The molecule has 0 saturated heterocycles. The van der Waals surface area contributed by atoms with Crippen LogP contribution >= 0.6 is 0 Å². The summed E-state index contributed by atoms with van der Waals surface area (Å²) >= 11 is 0. The third-order valence-electron chi connectivity index (χ3n) is 2.67. The number of benzene rings is 1. The molecule has 0 unspecified atom stereocenters. The van der Waals surface area contributed by atoms with Gasteiger partial charge in [0.25, 0.3) is 0 Å². The van der Waals surface area contributed by atoms with Gasteiger partial charge in [-0.2, -0.15) is 0 Å². The number of nitrogens with one attached hydrogen (secondary N) is 3. The molecule has 1 atom stereocenters. The van der Waals surface area contributed by atoms with Gasteiger partial charge in [0, 0.05) is 23.7 Å². The number of rotatable bonds is 5. The first-order valence-corrected chi connectivity index (χ1v) is 6.58. The molecule has 0 spiro atoms. The van der Waals surface area contributed by atoms with Gasteiger partial charge in [-0.1, -0.05) is 6.07 Å². The average molecular weight is 299 g/mol. The van der Waals surface area contributed by atoms with E-state index in [9.17, 15) is 18.4 Å². The molecule has 3 amide bonds. The lowest BCUT2D eigenvalue weighted by molar-refractivity contribution is -0.119. The highest BCUT2D eigenvalue weighted by Gasteiger charge is 2.14. The fraction of sp³-hybridized carbons (Fsp3) is 0.429. The molecule has 0 fully saturated rings. The van der Waals surface area contributed by atoms with E-state index in [0.29, 0.717) is 0 Å². The molecule has 1 rings (SSSR count). The number of imide groups is 1. The summed E-state index contributed by atoms with van der Waals surface area (Å²) in [4.78, 5) is 22.8. The average Bonchev–Trinajstić information content (AvgIpc) is 2.34.